The largest absolute Gasteiger partial charge is 0.465 e. The first kappa shape index (κ1) is 27.4. The van der Waals surface area contributed by atoms with Gasteiger partial charge >= 0.3 is 0 Å². The van der Waals surface area contributed by atoms with Crippen molar-refractivity contribution >= 4 is 40.9 Å². The van der Waals surface area contributed by atoms with Crippen LogP contribution in [0.15, 0.2) is 149 Å². The minimum atomic E-state index is -0.315. The molecule has 43 heavy (non-hydrogen) atoms. The summed E-state index contributed by atoms with van der Waals surface area (Å²) < 4.78 is 5.20. The van der Waals surface area contributed by atoms with Gasteiger partial charge in [-0.25, -0.2) is 0 Å². The summed E-state index contributed by atoms with van der Waals surface area (Å²) in [5.74, 6) is 0.106. The van der Waals surface area contributed by atoms with E-state index in [9.17, 15) is 9.59 Å². The molecule has 0 aliphatic carbocycles. The first-order valence-electron chi connectivity index (χ1n) is 14.0. The van der Waals surface area contributed by atoms with Crippen molar-refractivity contribution in [2.45, 2.75) is 12.5 Å². The van der Waals surface area contributed by atoms with Gasteiger partial charge in [0, 0.05) is 23.7 Å². The maximum absolute atomic E-state index is 12.9. The van der Waals surface area contributed by atoms with Gasteiger partial charge in [-0.2, -0.15) is 5.10 Å². The molecule has 1 aliphatic rings. The van der Waals surface area contributed by atoms with Crippen molar-refractivity contribution in [1.82, 2.24) is 0 Å². The molecule has 6 heteroatoms. The SMILES string of the molecule is O=C(/C=C/c1ccco1)Nc1cccc(C(=O)/C=C/c2ccc(N3N=C(c4ccccc4)CC3c3ccccc3)cc2)c1. The van der Waals surface area contributed by atoms with Gasteiger partial charge in [-0.3, -0.25) is 14.6 Å². The molecule has 0 radical (unpaired) electrons. The molecule has 4 aromatic carbocycles. The Morgan fingerprint density at radius 2 is 1.56 bits per heavy atom. The first-order chi connectivity index (χ1) is 21.1. The van der Waals surface area contributed by atoms with Crippen LogP contribution in [0.1, 0.15) is 45.3 Å². The molecular formula is C37H29N3O3. The molecule has 0 spiro atoms. The maximum atomic E-state index is 12.9. The Labute approximate surface area is 250 Å². The number of ketones is 1. The summed E-state index contributed by atoms with van der Waals surface area (Å²) in [7, 11) is 0. The molecule has 0 saturated carbocycles. The molecule has 1 aromatic heterocycles. The van der Waals surface area contributed by atoms with Gasteiger partial charge in [-0.05, 0) is 65.2 Å². The van der Waals surface area contributed by atoms with Gasteiger partial charge in [0.05, 0.1) is 23.7 Å². The van der Waals surface area contributed by atoms with E-state index in [0.29, 0.717) is 17.0 Å². The number of amides is 1. The number of hydrogen-bond acceptors (Lipinski definition) is 5. The van der Waals surface area contributed by atoms with Crippen molar-refractivity contribution in [3.8, 4) is 0 Å². The predicted octanol–water partition coefficient (Wildman–Crippen LogP) is 8.18. The van der Waals surface area contributed by atoms with E-state index < -0.39 is 0 Å². The Bertz CT molecular complexity index is 1790. The second kappa shape index (κ2) is 12.8. The summed E-state index contributed by atoms with van der Waals surface area (Å²) in [6, 6.07) is 39.2. The molecule has 6 rings (SSSR count). The van der Waals surface area contributed by atoms with Crippen molar-refractivity contribution in [2.24, 2.45) is 5.10 Å². The van der Waals surface area contributed by atoms with Crippen LogP contribution in [0.2, 0.25) is 0 Å². The van der Waals surface area contributed by atoms with Gasteiger partial charge in [0.15, 0.2) is 5.78 Å². The van der Waals surface area contributed by atoms with Crippen molar-refractivity contribution < 1.29 is 14.0 Å². The minimum Gasteiger partial charge on any atom is -0.465 e. The van der Waals surface area contributed by atoms with E-state index in [1.165, 1.54) is 11.6 Å². The summed E-state index contributed by atoms with van der Waals surface area (Å²) in [6.45, 7) is 0. The average Bonchev–Trinajstić information content (AvgIpc) is 3.75. The van der Waals surface area contributed by atoms with Crippen LogP contribution in [0.3, 0.4) is 0 Å². The number of nitrogens with zero attached hydrogens (tertiary/aromatic N) is 2. The molecular weight excluding hydrogens is 534 g/mol. The third kappa shape index (κ3) is 6.77. The van der Waals surface area contributed by atoms with E-state index in [0.717, 1.165) is 28.9 Å². The molecule has 5 aromatic rings. The number of hydrogen-bond donors (Lipinski definition) is 1. The molecule has 2 heterocycles. The monoisotopic (exact) mass is 563 g/mol. The van der Waals surface area contributed by atoms with Crippen LogP contribution in [0.4, 0.5) is 11.4 Å². The smallest absolute Gasteiger partial charge is 0.248 e. The standard InChI is InChI=1S/C37H29N3O3/c41-36(30-13-7-14-31(25-30)38-37(42)23-21-33-15-8-24-43-33)22-18-27-16-19-32(20-17-27)40-35(29-11-5-2-6-12-29)26-34(39-40)28-9-3-1-4-10-28/h1-25,35H,26H2,(H,38,42)/b22-18+,23-21+. The molecule has 1 atom stereocenters. The lowest BCUT2D eigenvalue weighted by molar-refractivity contribution is -0.111. The number of nitrogens with one attached hydrogen (secondary N) is 1. The van der Waals surface area contributed by atoms with Gasteiger partial charge in [-0.1, -0.05) is 91.0 Å². The number of benzene rings is 4. The quantitative estimate of drug-likeness (QED) is 0.145. The van der Waals surface area contributed by atoms with Crippen molar-refractivity contribution in [1.29, 1.82) is 0 Å². The van der Waals surface area contributed by atoms with E-state index in [1.807, 2.05) is 48.5 Å². The van der Waals surface area contributed by atoms with Crippen LogP contribution in [0.5, 0.6) is 0 Å². The first-order valence-corrected chi connectivity index (χ1v) is 14.0. The number of hydrazone groups is 1. The Balaban J connectivity index is 1.14. The fraction of sp³-hybridized carbons (Fsp3) is 0.0541. The zero-order chi connectivity index (χ0) is 29.4. The summed E-state index contributed by atoms with van der Waals surface area (Å²) in [5.41, 5.74) is 6.27. The molecule has 1 N–H and O–H groups in total. The topological polar surface area (TPSA) is 74.9 Å². The van der Waals surface area contributed by atoms with E-state index in [-0.39, 0.29) is 17.7 Å². The lowest BCUT2D eigenvalue weighted by Gasteiger charge is -2.24. The van der Waals surface area contributed by atoms with Gasteiger partial charge in [0.2, 0.25) is 5.91 Å². The number of carbonyl (C=O) groups excluding carboxylic acids is 2. The summed E-state index contributed by atoms with van der Waals surface area (Å²) in [6.07, 6.45) is 8.65. The van der Waals surface area contributed by atoms with Crippen molar-refractivity contribution in [3.63, 3.8) is 0 Å². The Morgan fingerprint density at radius 1 is 0.791 bits per heavy atom. The molecule has 210 valence electrons. The van der Waals surface area contributed by atoms with E-state index >= 15 is 0 Å². The Kier molecular flexibility index (Phi) is 8.18. The predicted molar refractivity (Wildman–Crippen MR) is 172 cm³/mol. The van der Waals surface area contributed by atoms with Crippen molar-refractivity contribution in [3.05, 3.63) is 168 Å². The highest BCUT2D eigenvalue weighted by molar-refractivity contribution is 6.08. The van der Waals surface area contributed by atoms with Gasteiger partial charge in [0.25, 0.3) is 0 Å². The third-order valence-corrected chi connectivity index (χ3v) is 7.14. The normalized spacial score (nSPS) is 14.7. The van der Waals surface area contributed by atoms with Crippen LogP contribution in [-0.2, 0) is 4.79 Å². The number of furan rings is 1. The number of anilines is 2. The molecule has 1 unspecified atom stereocenters. The zero-order valence-electron chi connectivity index (χ0n) is 23.3. The van der Waals surface area contributed by atoms with Crippen LogP contribution >= 0.6 is 0 Å². The van der Waals surface area contributed by atoms with E-state index in [2.05, 4.69) is 46.7 Å². The highest BCUT2D eigenvalue weighted by Gasteiger charge is 2.29. The number of carbonyl (C=O) groups is 2. The second-order valence-electron chi connectivity index (χ2n) is 10.1. The van der Waals surface area contributed by atoms with E-state index in [1.54, 1.807) is 60.9 Å². The molecule has 0 bridgehead atoms. The zero-order valence-corrected chi connectivity index (χ0v) is 23.3. The third-order valence-electron chi connectivity index (χ3n) is 7.14. The summed E-state index contributed by atoms with van der Waals surface area (Å²) >= 11 is 0. The van der Waals surface area contributed by atoms with Gasteiger partial charge < -0.3 is 9.73 Å². The molecule has 0 fully saturated rings. The van der Waals surface area contributed by atoms with Crippen LogP contribution < -0.4 is 10.3 Å². The lowest BCUT2D eigenvalue weighted by atomic mass is 9.98. The van der Waals surface area contributed by atoms with E-state index in [4.69, 9.17) is 9.52 Å². The molecule has 0 saturated heterocycles. The van der Waals surface area contributed by atoms with Crippen LogP contribution in [0, 0.1) is 0 Å². The van der Waals surface area contributed by atoms with Gasteiger partial charge in [-0.15, -0.1) is 0 Å². The Hall–Kier alpha value is -5.75. The summed E-state index contributed by atoms with van der Waals surface area (Å²) in [5, 5.41) is 9.88. The van der Waals surface area contributed by atoms with Gasteiger partial charge in [0.1, 0.15) is 5.76 Å². The molecule has 1 amide bonds. The fourth-order valence-electron chi connectivity index (χ4n) is 4.97. The highest BCUT2D eigenvalue weighted by atomic mass is 16.3. The second-order valence-corrected chi connectivity index (χ2v) is 10.1. The van der Waals surface area contributed by atoms with Crippen LogP contribution in [-0.4, -0.2) is 17.4 Å². The molecule has 6 nitrogen and oxygen atoms in total. The fourth-order valence-corrected chi connectivity index (χ4v) is 4.97. The minimum absolute atomic E-state index is 0.0905. The highest BCUT2D eigenvalue weighted by Crippen LogP contribution is 2.36. The summed E-state index contributed by atoms with van der Waals surface area (Å²) in [4.78, 5) is 25.2. The maximum Gasteiger partial charge on any atom is 0.248 e. The Morgan fingerprint density at radius 3 is 2.30 bits per heavy atom. The number of rotatable bonds is 9. The van der Waals surface area contributed by atoms with Crippen LogP contribution in [0.25, 0.3) is 12.2 Å². The van der Waals surface area contributed by atoms with Crippen molar-refractivity contribution in [2.75, 3.05) is 10.3 Å². The average molecular weight is 564 g/mol. The lowest BCUT2D eigenvalue weighted by Crippen LogP contribution is -2.18. The molecule has 1 aliphatic heterocycles. The number of allylic oxidation sites excluding steroid dienone is 1.